The molecule has 0 radical (unpaired) electrons. The van der Waals surface area contributed by atoms with Gasteiger partial charge in [-0.1, -0.05) is 78.8 Å². The van der Waals surface area contributed by atoms with Gasteiger partial charge in [0.25, 0.3) is 0 Å². The molecule has 9 atom stereocenters. The Morgan fingerprint density at radius 3 is 2.19 bits per heavy atom. The minimum absolute atomic E-state index is 0.0310. The van der Waals surface area contributed by atoms with Crippen LogP contribution in [0, 0.1) is 50.7 Å². The molecule has 4 fully saturated rings. The third-order valence-electron chi connectivity index (χ3n) is 15.8. The summed E-state index contributed by atoms with van der Waals surface area (Å²) < 4.78 is 6.16. The van der Waals surface area contributed by atoms with Gasteiger partial charge in [-0.05, 0) is 129 Å². The standard InChI is InChI=1S/C44H64N2O6/c1-26(2)35-30(47)24-44(46-38(51)45-27(3)28-14-12-11-13-15-28)23-22-42(9)29(36(35)44)16-17-32-41(8)20-19-33(52-34(48)25-39(4,5)37(49)50)40(6,7)31(41)18-21-43(32,42)10/h11-15,26-27,29,31-33H,16-25H2,1-10H3,(H,49,50)(H2,45,46,51)/t27-,29?,31?,32?,33+,41+,42-,43-,44-/m1/s1. The van der Waals surface area contributed by atoms with Crippen LogP contribution >= 0.6 is 0 Å². The van der Waals surface area contributed by atoms with E-state index in [-0.39, 0.29) is 63.9 Å². The van der Waals surface area contributed by atoms with Crippen LogP contribution in [0.25, 0.3) is 0 Å². The van der Waals surface area contributed by atoms with Crippen LogP contribution in [0.2, 0.25) is 0 Å². The highest BCUT2D eigenvalue weighted by Crippen LogP contribution is 2.76. The highest BCUT2D eigenvalue weighted by Gasteiger charge is 2.70. The zero-order valence-corrected chi connectivity index (χ0v) is 33.4. The number of fused-ring (bicyclic) bond motifs is 7. The number of ketones is 1. The van der Waals surface area contributed by atoms with Gasteiger partial charge in [0.2, 0.25) is 0 Å². The van der Waals surface area contributed by atoms with E-state index in [9.17, 15) is 24.3 Å². The minimum Gasteiger partial charge on any atom is -0.481 e. The Hall–Kier alpha value is -3.16. The van der Waals surface area contributed by atoms with E-state index in [2.05, 4.69) is 59.1 Å². The first-order valence-electron chi connectivity index (χ1n) is 20.0. The summed E-state index contributed by atoms with van der Waals surface area (Å²) in [4.78, 5) is 52.6. The Balaban J connectivity index is 1.27. The molecule has 2 amide bonds. The summed E-state index contributed by atoms with van der Waals surface area (Å²) in [5, 5.41) is 16.2. The predicted octanol–water partition coefficient (Wildman–Crippen LogP) is 9.19. The third-order valence-corrected chi connectivity index (χ3v) is 15.8. The maximum Gasteiger partial charge on any atom is 0.315 e. The number of hydrogen-bond donors (Lipinski definition) is 3. The molecular formula is C44H64N2O6. The molecule has 5 aliphatic rings. The molecule has 0 aromatic heterocycles. The van der Waals surface area contributed by atoms with E-state index in [1.165, 1.54) is 5.57 Å². The number of rotatable bonds is 8. The lowest BCUT2D eigenvalue weighted by atomic mass is 9.33. The lowest BCUT2D eigenvalue weighted by Gasteiger charge is -2.72. The van der Waals surface area contributed by atoms with Gasteiger partial charge >= 0.3 is 18.0 Å². The van der Waals surface area contributed by atoms with Gasteiger partial charge in [0.15, 0.2) is 5.78 Å². The number of nitrogens with one attached hydrogen (secondary N) is 2. The van der Waals surface area contributed by atoms with Gasteiger partial charge in [0, 0.05) is 11.8 Å². The molecular weight excluding hydrogens is 652 g/mol. The number of carbonyl (C=O) groups excluding carboxylic acids is 3. The number of Topliss-reactive ketones (excluding diaryl/α,β-unsaturated/α-hetero) is 1. The molecule has 52 heavy (non-hydrogen) atoms. The molecule has 8 heteroatoms. The van der Waals surface area contributed by atoms with E-state index in [0.717, 1.165) is 62.5 Å². The van der Waals surface area contributed by atoms with Crippen LogP contribution in [0.4, 0.5) is 4.79 Å². The van der Waals surface area contributed by atoms with E-state index in [1.54, 1.807) is 13.8 Å². The molecule has 1 aromatic carbocycles. The molecule has 0 saturated heterocycles. The second-order valence-electron chi connectivity index (χ2n) is 19.7. The number of carbonyl (C=O) groups is 4. The molecule has 6 rings (SSSR count). The molecule has 286 valence electrons. The first-order valence-corrected chi connectivity index (χ1v) is 20.0. The van der Waals surface area contributed by atoms with Gasteiger partial charge in [-0.15, -0.1) is 0 Å². The lowest BCUT2D eigenvalue weighted by molar-refractivity contribution is -0.232. The third kappa shape index (κ3) is 5.93. The number of ether oxygens (including phenoxy) is 1. The van der Waals surface area contributed by atoms with Gasteiger partial charge in [0.1, 0.15) is 6.10 Å². The van der Waals surface area contributed by atoms with Crippen molar-refractivity contribution in [2.24, 2.45) is 50.7 Å². The fourth-order valence-electron chi connectivity index (χ4n) is 12.9. The summed E-state index contributed by atoms with van der Waals surface area (Å²) in [7, 11) is 0. The molecule has 1 aromatic rings. The predicted molar refractivity (Wildman–Crippen MR) is 202 cm³/mol. The normalized spacial score (nSPS) is 37.2. The molecule has 4 saturated carbocycles. The van der Waals surface area contributed by atoms with Crippen molar-refractivity contribution >= 4 is 23.8 Å². The Bertz CT molecular complexity index is 1650. The maximum absolute atomic E-state index is 14.0. The SMILES string of the molecule is CC(C)C1=C2C3CCC4[C@@]5(C)CC[C@H](OC(=O)CC(C)(C)C(=O)O)C(C)(C)C5CC[C@@]4(C)[C@]3(C)CC[C@@]2(NC(=O)N[C@H](C)c2ccccc2)CC1=O. The van der Waals surface area contributed by atoms with Crippen molar-refractivity contribution in [1.82, 2.24) is 10.6 Å². The van der Waals surface area contributed by atoms with E-state index in [1.807, 2.05) is 37.3 Å². The summed E-state index contributed by atoms with van der Waals surface area (Å²) in [6.07, 6.45) is 7.54. The van der Waals surface area contributed by atoms with E-state index < -0.39 is 22.9 Å². The maximum atomic E-state index is 14.0. The fraction of sp³-hybridized carbons (Fsp3) is 0.727. The molecule has 8 nitrogen and oxygen atoms in total. The second kappa shape index (κ2) is 13.0. The largest absolute Gasteiger partial charge is 0.481 e. The quantitative estimate of drug-likeness (QED) is 0.231. The topological polar surface area (TPSA) is 122 Å². The van der Waals surface area contributed by atoms with Crippen LogP contribution < -0.4 is 10.6 Å². The van der Waals surface area contributed by atoms with Crippen molar-refractivity contribution in [2.45, 2.75) is 151 Å². The summed E-state index contributed by atoms with van der Waals surface area (Å²) in [6, 6.07) is 9.61. The average Bonchev–Trinajstić information content (AvgIpc) is 3.34. The highest BCUT2D eigenvalue weighted by molar-refractivity contribution is 6.02. The smallest absolute Gasteiger partial charge is 0.315 e. The van der Waals surface area contributed by atoms with Crippen molar-refractivity contribution in [1.29, 1.82) is 0 Å². The second-order valence-corrected chi connectivity index (χ2v) is 19.7. The number of carboxylic acids is 1. The van der Waals surface area contributed by atoms with Gasteiger partial charge < -0.3 is 20.5 Å². The number of carboxylic acid groups (broad SMARTS) is 1. The highest BCUT2D eigenvalue weighted by atomic mass is 16.5. The summed E-state index contributed by atoms with van der Waals surface area (Å²) in [6.45, 7) is 21.5. The number of esters is 1. The number of benzene rings is 1. The van der Waals surface area contributed by atoms with Crippen molar-refractivity contribution in [3.8, 4) is 0 Å². The first kappa shape index (κ1) is 38.6. The van der Waals surface area contributed by atoms with Crippen molar-refractivity contribution < 1.29 is 29.0 Å². The van der Waals surface area contributed by atoms with Gasteiger partial charge in [-0.3, -0.25) is 14.4 Å². The van der Waals surface area contributed by atoms with E-state index in [0.29, 0.717) is 18.3 Å². The Morgan fingerprint density at radius 1 is 0.885 bits per heavy atom. The van der Waals surface area contributed by atoms with E-state index in [4.69, 9.17) is 4.74 Å². The zero-order chi connectivity index (χ0) is 38.2. The van der Waals surface area contributed by atoms with Crippen LogP contribution in [0.5, 0.6) is 0 Å². The number of allylic oxidation sites excluding steroid dienone is 1. The van der Waals surface area contributed by atoms with Crippen LogP contribution in [0.15, 0.2) is 41.5 Å². The molecule has 5 aliphatic carbocycles. The van der Waals surface area contributed by atoms with Crippen LogP contribution in [-0.4, -0.2) is 40.5 Å². The van der Waals surface area contributed by atoms with Gasteiger partial charge in [-0.2, -0.15) is 0 Å². The Morgan fingerprint density at radius 2 is 1.56 bits per heavy atom. The number of urea groups is 1. The average molecular weight is 717 g/mol. The Labute approximate surface area is 311 Å². The van der Waals surface area contributed by atoms with Crippen molar-refractivity contribution in [2.75, 3.05) is 0 Å². The molecule has 0 spiro atoms. The lowest BCUT2D eigenvalue weighted by Crippen LogP contribution is -2.67. The first-order chi connectivity index (χ1) is 24.1. The molecule has 0 heterocycles. The van der Waals surface area contributed by atoms with Crippen LogP contribution in [-0.2, 0) is 19.1 Å². The van der Waals surface area contributed by atoms with Gasteiger partial charge in [-0.25, -0.2) is 4.79 Å². The summed E-state index contributed by atoms with van der Waals surface area (Å²) in [5.74, 6) is -0.112. The van der Waals surface area contributed by atoms with E-state index >= 15 is 0 Å². The fourth-order valence-corrected chi connectivity index (χ4v) is 12.9. The number of hydrogen-bond acceptors (Lipinski definition) is 5. The van der Waals surface area contributed by atoms with Gasteiger partial charge in [0.05, 0.1) is 23.4 Å². The summed E-state index contributed by atoms with van der Waals surface area (Å²) >= 11 is 0. The van der Waals surface area contributed by atoms with Crippen molar-refractivity contribution in [3.63, 3.8) is 0 Å². The summed E-state index contributed by atoms with van der Waals surface area (Å²) in [5.41, 5.74) is 1.16. The number of aliphatic carboxylic acids is 1. The Kier molecular flexibility index (Phi) is 9.64. The zero-order valence-electron chi connectivity index (χ0n) is 33.4. The molecule has 3 unspecified atom stereocenters. The van der Waals surface area contributed by atoms with Crippen LogP contribution in [0.1, 0.15) is 145 Å². The monoisotopic (exact) mass is 716 g/mol. The van der Waals surface area contributed by atoms with Crippen molar-refractivity contribution in [3.05, 3.63) is 47.0 Å². The molecule has 3 N–H and O–H groups in total. The van der Waals surface area contributed by atoms with Crippen LogP contribution in [0.3, 0.4) is 0 Å². The number of amides is 2. The molecule has 0 bridgehead atoms. The minimum atomic E-state index is -1.17. The molecule has 0 aliphatic heterocycles.